The molecule has 0 spiro atoms. The number of rotatable bonds is 3. The number of fused-ring (bicyclic) bond motifs is 1. The van der Waals surface area contributed by atoms with Crippen LogP contribution in [-0.2, 0) is 11.3 Å². The van der Waals surface area contributed by atoms with Crippen molar-refractivity contribution in [3.8, 4) is 16.9 Å². The van der Waals surface area contributed by atoms with Crippen LogP contribution >= 0.6 is 0 Å². The Morgan fingerprint density at radius 3 is 2.48 bits per heavy atom. The number of aromatic hydroxyl groups is 1. The fraction of sp³-hybridized carbons (Fsp3) is 0.318. The molecule has 1 fully saturated rings. The molecule has 2 aromatic carbocycles. The first kappa shape index (κ1) is 17.8. The van der Waals surface area contributed by atoms with Crippen molar-refractivity contribution in [2.45, 2.75) is 32.6 Å². The van der Waals surface area contributed by atoms with Crippen LogP contribution in [0, 0.1) is 0 Å². The largest absolute Gasteiger partial charge is 0.507 e. The molecular formula is C22H24NO4+. The predicted molar refractivity (Wildman–Crippen MR) is 104 cm³/mol. The van der Waals surface area contributed by atoms with Gasteiger partial charge in [0, 0.05) is 11.5 Å². The Hall–Kier alpha value is -2.63. The average molecular weight is 366 g/mol. The van der Waals surface area contributed by atoms with Gasteiger partial charge in [-0.1, -0.05) is 30.3 Å². The molecule has 2 N–H and O–H groups in total. The van der Waals surface area contributed by atoms with Crippen LogP contribution in [-0.4, -0.2) is 30.4 Å². The Balaban J connectivity index is 1.83. The van der Waals surface area contributed by atoms with Crippen molar-refractivity contribution in [1.82, 2.24) is 0 Å². The lowest BCUT2D eigenvalue weighted by Gasteiger charge is -2.32. The zero-order chi connectivity index (χ0) is 19.0. The number of phenolic OH excluding ortho intramolecular Hbond substituents is 1. The van der Waals surface area contributed by atoms with Crippen molar-refractivity contribution >= 4 is 11.0 Å². The maximum Gasteiger partial charge on any atom is 0.336 e. The smallest absolute Gasteiger partial charge is 0.336 e. The summed E-state index contributed by atoms with van der Waals surface area (Å²) in [7, 11) is 0. The maximum absolute atomic E-state index is 12.3. The summed E-state index contributed by atoms with van der Waals surface area (Å²) in [6, 6.07) is 14.8. The van der Waals surface area contributed by atoms with Gasteiger partial charge in [0.05, 0.1) is 5.56 Å². The molecular weight excluding hydrogens is 342 g/mol. The lowest BCUT2D eigenvalue weighted by atomic mass is 9.99. The van der Waals surface area contributed by atoms with E-state index in [-0.39, 0.29) is 18.0 Å². The van der Waals surface area contributed by atoms with Crippen molar-refractivity contribution in [1.29, 1.82) is 0 Å². The van der Waals surface area contributed by atoms with Crippen molar-refractivity contribution in [2.75, 3.05) is 13.1 Å². The van der Waals surface area contributed by atoms with Crippen molar-refractivity contribution in [3.63, 3.8) is 0 Å². The van der Waals surface area contributed by atoms with E-state index >= 15 is 0 Å². The highest BCUT2D eigenvalue weighted by Gasteiger charge is 2.27. The summed E-state index contributed by atoms with van der Waals surface area (Å²) in [6.45, 7) is 6.41. The SMILES string of the molecule is C[C@H]1C[NH+](Cc2c(O)ccc3c(-c4ccccc4)cc(=O)oc23)C[C@H](C)O1. The van der Waals surface area contributed by atoms with E-state index in [1.807, 2.05) is 36.4 Å². The fourth-order valence-electron chi connectivity index (χ4n) is 4.08. The zero-order valence-electron chi connectivity index (χ0n) is 15.6. The Labute approximate surface area is 157 Å². The van der Waals surface area contributed by atoms with Gasteiger partial charge in [0.15, 0.2) is 5.58 Å². The third-order valence-electron chi connectivity index (χ3n) is 5.12. The van der Waals surface area contributed by atoms with Crippen molar-refractivity contribution in [3.05, 3.63) is 64.5 Å². The van der Waals surface area contributed by atoms with E-state index in [4.69, 9.17) is 9.15 Å². The lowest BCUT2D eigenvalue weighted by Crippen LogP contribution is -3.14. The third-order valence-corrected chi connectivity index (χ3v) is 5.12. The summed E-state index contributed by atoms with van der Waals surface area (Å²) < 4.78 is 11.4. The first-order valence-corrected chi connectivity index (χ1v) is 9.34. The molecule has 27 heavy (non-hydrogen) atoms. The van der Waals surface area contributed by atoms with Crippen molar-refractivity contribution < 1.29 is 19.2 Å². The standard InChI is InChI=1S/C22H23NO4/c1-14-11-23(12-15(2)26-14)13-19-20(24)9-8-17-18(10-21(25)27-22(17)19)16-6-4-3-5-7-16/h3-10,14-15,24H,11-13H2,1-2H3/p+1/t14-,15-/m0/s1. The van der Waals surface area contributed by atoms with E-state index in [0.717, 1.165) is 29.6 Å². The van der Waals surface area contributed by atoms with Crippen LogP contribution in [0.1, 0.15) is 19.4 Å². The molecule has 1 aliphatic heterocycles. The summed E-state index contributed by atoms with van der Waals surface area (Å²) >= 11 is 0. The monoisotopic (exact) mass is 366 g/mol. The summed E-state index contributed by atoms with van der Waals surface area (Å²) in [5.74, 6) is 0.162. The normalized spacial score (nSPS) is 22.8. The highest BCUT2D eigenvalue weighted by atomic mass is 16.5. The van der Waals surface area contributed by atoms with Gasteiger partial charge < -0.3 is 19.2 Å². The highest BCUT2D eigenvalue weighted by molar-refractivity contribution is 5.95. The van der Waals surface area contributed by atoms with E-state index in [1.165, 1.54) is 11.0 Å². The molecule has 0 bridgehead atoms. The van der Waals surface area contributed by atoms with Crippen LogP contribution in [0.25, 0.3) is 22.1 Å². The molecule has 3 aromatic rings. The van der Waals surface area contributed by atoms with Crippen LogP contribution in [0.3, 0.4) is 0 Å². The minimum absolute atomic E-state index is 0.160. The van der Waals surface area contributed by atoms with Gasteiger partial charge in [0.2, 0.25) is 0 Å². The molecule has 5 nitrogen and oxygen atoms in total. The molecule has 0 aliphatic carbocycles. The number of morpholine rings is 1. The highest BCUT2D eigenvalue weighted by Crippen LogP contribution is 2.32. The van der Waals surface area contributed by atoms with Gasteiger partial charge in [-0.05, 0) is 37.1 Å². The number of hydrogen-bond donors (Lipinski definition) is 2. The number of nitrogens with one attached hydrogen (secondary N) is 1. The number of quaternary nitrogens is 1. The molecule has 2 heterocycles. The summed E-state index contributed by atoms with van der Waals surface area (Å²) in [6.07, 6.45) is 0.320. The molecule has 1 saturated heterocycles. The third kappa shape index (κ3) is 3.61. The lowest BCUT2D eigenvalue weighted by molar-refractivity contribution is -0.928. The molecule has 1 aliphatic rings. The quantitative estimate of drug-likeness (QED) is 0.699. The molecule has 0 amide bonds. The second-order valence-electron chi connectivity index (χ2n) is 7.38. The van der Waals surface area contributed by atoms with E-state index < -0.39 is 5.63 Å². The Morgan fingerprint density at radius 2 is 1.78 bits per heavy atom. The van der Waals surface area contributed by atoms with Crippen LogP contribution in [0.2, 0.25) is 0 Å². The van der Waals surface area contributed by atoms with Crippen LogP contribution in [0.15, 0.2) is 57.7 Å². The van der Waals surface area contributed by atoms with Crippen LogP contribution < -0.4 is 10.5 Å². The minimum atomic E-state index is -0.410. The van der Waals surface area contributed by atoms with E-state index in [0.29, 0.717) is 17.7 Å². The van der Waals surface area contributed by atoms with Gasteiger partial charge in [-0.25, -0.2) is 4.79 Å². The Bertz CT molecular complexity index is 1000. The number of ether oxygens (including phenoxy) is 1. The number of benzene rings is 2. The van der Waals surface area contributed by atoms with E-state index in [1.54, 1.807) is 6.07 Å². The van der Waals surface area contributed by atoms with Crippen LogP contribution in [0.4, 0.5) is 0 Å². The number of hydrogen-bond acceptors (Lipinski definition) is 4. The zero-order valence-corrected chi connectivity index (χ0v) is 15.6. The second kappa shape index (κ2) is 7.18. The van der Waals surface area contributed by atoms with E-state index in [9.17, 15) is 9.90 Å². The molecule has 0 saturated carbocycles. The van der Waals surface area contributed by atoms with E-state index in [2.05, 4.69) is 13.8 Å². The van der Waals surface area contributed by atoms with Gasteiger partial charge in [-0.3, -0.25) is 0 Å². The molecule has 1 aromatic heterocycles. The Kier molecular flexibility index (Phi) is 4.72. The van der Waals surface area contributed by atoms with Gasteiger partial charge in [-0.2, -0.15) is 0 Å². The van der Waals surface area contributed by atoms with Crippen LogP contribution in [0.5, 0.6) is 5.75 Å². The molecule has 2 atom stereocenters. The van der Waals surface area contributed by atoms with Gasteiger partial charge in [0.1, 0.15) is 37.6 Å². The average Bonchev–Trinajstić information content (AvgIpc) is 2.63. The summed E-state index contributed by atoms with van der Waals surface area (Å²) in [5, 5.41) is 11.4. The maximum atomic E-state index is 12.3. The summed E-state index contributed by atoms with van der Waals surface area (Å²) in [4.78, 5) is 13.6. The fourth-order valence-corrected chi connectivity index (χ4v) is 4.08. The topological polar surface area (TPSA) is 64.1 Å². The second-order valence-corrected chi connectivity index (χ2v) is 7.38. The molecule has 5 heteroatoms. The van der Waals surface area contributed by atoms with Gasteiger partial charge in [-0.15, -0.1) is 0 Å². The first-order chi connectivity index (χ1) is 13.0. The predicted octanol–water partition coefficient (Wildman–Crippen LogP) is 2.36. The Morgan fingerprint density at radius 1 is 1.07 bits per heavy atom. The van der Waals surface area contributed by atoms with Crippen molar-refractivity contribution in [2.24, 2.45) is 0 Å². The van der Waals surface area contributed by atoms with Gasteiger partial charge >= 0.3 is 5.63 Å². The summed E-state index contributed by atoms with van der Waals surface area (Å²) in [5.41, 5.74) is 2.51. The number of phenols is 1. The molecule has 140 valence electrons. The molecule has 4 rings (SSSR count). The molecule has 0 unspecified atom stereocenters. The molecule has 0 radical (unpaired) electrons. The van der Waals surface area contributed by atoms with Gasteiger partial charge in [0.25, 0.3) is 0 Å². The minimum Gasteiger partial charge on any atom is -0.507 e. The first-order valence-electron chi connectivity index (χ1n) is 9.34.